The fourth-order valence-corrected chi connectivity index (χ4v) is 5.29. The van der Waals surface area contributed by atoms with Gasteiger partial charge >= 0.3 is 0 Å². The van der Waals surface area contributed by atoms with Gasteiger partial charge in [0.15, 0.2) is 0 Å². The quantitative estimate of drug-likeness (QED) is 0.551. The number of carbonyl (C=O) groups excluding carboxylic acids is 2. The van der Waals surface area contributed by atoms with Gasteiger partial charge in [-0.3, -0.25) is 4.79 Å². The number of carbonyl (C=O) groups is 2. The van der Waals surface area contributed by atoms with Gasteiger partial charge in [-0.1, -0.05) is 6.07 Å². The fraction of sp³-hybridized carbons (Fsp3) is 0.417. The van der Waals surface area contributed by atoms with Crippen LogP contribution in [0.5, 0.6) is 0 Å². The van der Waals surface area contributed by atoms with E-state index in [0.29, 0.717) is 22.9 Å². The smallest absolute Gasteiger partial charge is 0.274 e. The number of nitrogens with one attached hydrogen (secondary N) is 1. The summed E-state index contributed by atoms with van der Waals surface area (Å²) >= 11 is 1.62. The van der Waals surface area contributed by atoms with Crippen LogP contribution >= 0.6 is 11.3 Å². The van der Waals surface area contributed by atoms with E-state index in [1.54, 1.807) is 37.3 Å². The normalized spacial score (nSPS) is 19.4. The monoisotopic (exact) mass is 437 g/mol. The van der Waals surface area contributed by atoms with Crippen molar-refractivity contribution in [1.29, 1.82) is 0 Å². The molecule has 1 aliphatic carbocycles. The van der Waals surface area contributed by atoms with Crippen LogP contribution in [-0.4, -0.2) is 27.3 Å². The van der Waals surface area contributed by atoms with Crippen LogP contribution in [0.3, 0.4) is 0 Å². The Morgan fingerprint density at radius 3 is 2.58 bits per heavy atom. The number of aryl methyl sites for hydroxylation is 1. The number of fused-ring (bicyclic) bond motifs is 1. The Morgan fingerprint density at radius 2 is 1.94 bits per heavy atom. The highest BCUT2D eigenvalue weighted by atomic mass is 32.1. The Balaban J connectivity index is 1.67. The molecule has 4 rings (SSSR count). The average molecular weight is 438 g/mol. The summed E-state index contributed by atoms with van der Waals surface area (Å²) in [6, 6.07) is 9.07. The summed E-state index contributed by atoms with van der Waals surface area (Å²) in [5.74, 6) is 0.212. The van der Waals surface area contributed by atoms with Gasteiger partial charge < -0.3 is 15.2 Å². The first-order valence-electron chi connectivity index (χ1n) is 10.6. The highest BCUT2D eigenvalue weighted by Gasteiger charge is 2.27. The van der Waals surface area contributed by atoms with Crippen LogP contribution in [0.15, 0.2) is 30.3 Å². The number of aldehydes is 1. The van der Waals surface area contributed by atoms with Crippen molar-refractivity contribution in [1.82, 2.24) is 9.97 Å². The summed E-state index contributed by atoms with van der Waals surface area (Å²) < 4.78 is 0.966. The van der Waals surface area contributed by atoms with Gasteiger partial charge in [-0.05, 0) is 70.7 Å². The number of anilines is 1. The van der Waals surface area contributed by atoms with Gasteiger partial charge in [0, 0.05) is 28.8 Å². The third-order valence-corrected chi connectivity index (χ3v) is 7.07. The molecule has 2 heterocycles. The molecular formula is C24H27N3O3S. The summed E-state index contributed by atoms with van der Waals surface area (Å²) in [6.45, 7) is 5.23. The van der Waals surface area contributed by atoms with Crippen molar-refractivity contribution in [3.05, 3.63) is 52.3 Å². The Morgan fingerprint density at radius 1 is 1.19 bits per heavy atom. The second kappa shape index (κ2) is 8.48. The van der Waals surface area contributed by atoms with E-state index in [4.69, 9.17) is 4.98 Å². The third kappa shape index (κ3) is 4.67. The van der Waals surface area contributed by atoms with Crippen LogP contribution in [0.2, 0.25) is 0 Å². The van der Waals surface area contributed by atoms with Gasteiger partial charge in [-0.2, -0.15) is 0 Å². The van der Waals surface area contributed by atoms with E-state index in [0.717, 1.165) is 52.9 Å². The first-order chi connectivity index (χ1) is 14.7. The minimum Gasteiger partial charge on any atom is -0.386 e. The lowest BCUT2D eigenvalue weighted by Crippen LogP contribution is -2.21. The van der Waals surface area contributed by atoms with Crippen molar-refractivity contribution < 1.29 is 14.7 Å². The summed E-state index contributed by atoms with van der Waals surface area (Å²) in [6.07, 6.45) is 4.81. The highest BCUT2D eigenvalue weighted by molar-refractivity contribution is 7.18. The van der Waals surface area contributed by atoms with Crippen LogP contribution in [0.4, 0.5) is 5.69 Å². The van der Waals surface area contributed by atoms with Crippen molar-refractivity contribution in [2.75, 3.05) is 5.32 Å². The molecule has 1 fully saturated rings. The molecule has 7 heteroatoms. The average Bonchev–Trinajstić information content (AvgIpc) is 3.15. The zero-order valence-corrected chi connectivity index (χ0v) is 18.8. The fourth-order valence-electron chi connectivity index (χ4n) is 4.13. The molecular weight excluding hydrogens is 410 g/mol. The highest BCUT2D eigenvalue weighted by Crippen LogP contribution is 2.40. The number of hydrogen-bond acceptors (Lipinski definition) is 6. The number of aliphatic hydroxyl groups is 1. The standard InChI is InChI=1S/C24H27N3O3S/c1-14-5-4-6-18(25-14)22(29)26-19-12-21-20(11-17(19)24(2,3)30)27-23(31-21)16-9-7-15(13-28)8-10-16/h4-6,11-13,15-16,30H,7-10H2,1-3H3,(H,26,29). The van der Waals surface area contributed by atoms with Crippen molar-refractivity contribution in [2.45, 2.75) is 58.0 Å². The summed E-state index contributed by atoms with van der Waals surface area (Å²) in [5.41, 5.74) is 1.95. The Bertz CT molecular complexity index is 1120. The number of pyridine rings is 1. The Labute approximate surface area is 185 Å². The van der Waals surface area contributed by atoms with E-state index in [2.05, 4.69) is 10.3 Å². The molecule has 6 nitrogen and oxygen atoms in total. The number of nitrogens with zero attached hydrogens (tertiary/aromatic N) is 2. The number of rotatable bonds is 5. The zero-order chi connectivity index (χ0) is 22.2. The van der Waals surface area contributed by atoms with Crippen molar-refractivity contribution in [3.8, 4) is 0 Å². The lowest BCUT2D eigenvalue weighted by molar-refractivity contribution is -0.111. The maximum absolute atomic E-state index is 12.8. The van der Waals surface area contributed by atoms with Crippen LogP contribution in [-0.2, 0) is 10.4 Å². The number of thiazole rings is 1. The molecule has 1 amide bonds. The van der Waals surface area contributed by atoms with Crippen LogP contribution in [0, 0.1) is 12.8 Å². The maximum atomic E-state index is 12.8. The van der Waals surface area contributed by atoms with Crippen molar-refractivity contribution in [2.24, 2.45) is 5.92 Å². The van der Waals surface area contributed by atoms with E-state index < -0.39 is 5.60 Å². The summed E-state index contributed by atoms with van der Waals surface area (Å²) in [4.78, 5) is 33.0. The molecule has 3 aromatic rings. The molecule has 0 unspecified atom stereocenters. The molecule has 1 saturated carbocycles. The van der Waals surface area contributed by atoms with Crippen LogP contribution in [0.25, 0.3) is 10.2 Å². The van der Waals surface area contributed by atoms with Crippen LogP contribution in [0.1, 0.15) is 72.2 Å². The molecule has 2 N–H and O–H groups in total. The van der Waals surface area contributed by atoms with E-state index >= 15 is 0 Å². The van der Waals surface area contributed by atoms with E-state index in [1.807, 2.05) is 25.1 Å². The molecule has 0 spiro atoms. The lowest BCUT2D eigenvalue weighted by Gasteiger charge is -2.23. The number of benzene rings is 1. The van der Waals surface area contributed by atoms with E-state index in [9.17, 15) is 14.7 Å². The van der Waals surface area contributed by atoms with Gasteiger partial charge in [-0.25, -0.2) is 9.97 Å². The SMILES string of the molecule is Cc1cccc(C(=O)Nc2cc3sc(C4CCC(C=O)CC4)nc3cc2C(C)(C)O)n1. The topological polar surface area (TPSA) is 92.2 Å². The number of hydrogen-bond donors (Lipinski definition) is 2. The molecule has 2 aromatic heterocycles. The molecule has 162 valence electrons. The predicted molar refractivity (Wildman–Crippen MR) is 123 cm³/mol. The van der Waals surface area contributed by atoms with Gasteiger partial charge in [0.25, 0.3) is 5.91 Å². The summed E-state index contributed by atoms with van der Waals surface area (Å²) in [5, 5.41) is 14.7. The first kappa shape index (κ1) is 21.6. The maximum Gasteiger partial charge on any atom is 0.274 e. The molecule has 1 aromatic carbocycles. The van der Waals surface area contributed by atoms with E-state index in [-0.39, 0.29) is 11.8 Å². The van der Waals surface area contributed by atoms with Gasteiger partial charge in [0.2, 0.25) is 0 Å². The minimum absolute atomic E-state index is 0.171. The van der Waals surface area contributed by atoms with E-state index in [1.165, 1.54) is 0 Å². The predicted octanol–water partition coefficient (Wildman–Crippen LogP) is 4.95. The van der Waals surface area contributed by atoms with Crippen LogP contribution < -0.4 is 5.32 Å². The van der Waals surface area contributed by atoms with Crippen molar-refractivity contribution >= 4 is 39.4 Å². The van der Waals surface area contributed by atoms with Crippen molar-refractivity contribution in [3.63, 3.8) is 0 Å². The number of amides is 1. The second-order valence-corrected chi connectivity index (χ2v) is 9.90. The minimum atomic E-state index is -1.15. The Hall–Kier alpha value is -2.64. The molecule has 0 aliphatic heterocycles. The van der Waals surface area contributed by atoms with Gasteiger partial charge in [0.1, 0.15) is 12.0 Å². The molecule has 0 atom stereocenters. The van der Waals surface area contributed by atoms with Gasteiger partial charge in [0.05, 0.1) is 20.8 Å². The molecule has 0 bridgehead atoms. The molecule has 0 radical (unpaired) electrons. The molecule has 0 saturated heterocycles. The zero-order valence-electron chi connectivity index (χ0n) is 18.0. The Kier molecular flexibility index (Phi) is 5.90. The largest absolute Gasteiger partial charge is 0.386 e. The lowest BCUT2D eigenvalue weighted by atomic mass is 9.83. The third-order valence-electron chi connectivity index (χ3n) is 5.89. The summed E-state index contributed by atoms with van der Waals surface area (Å²) in [7, 11) is 0. The molecule has 1 aliphatic rings. The number of aromatic nitrogens is 2. The van der Waals surface area contributed by atoms with Gasteiger partial charge in [-0.15, -0.1) is 11.3 Å². The second-order valence-electron chi connectivity index (χ2n) is 8.84. The first-order valence-corrected chi connectivity index (χ1v) is 11.4. The molecule has 31 heavy (non-hydrogen) atoms.